The van der Waals surface area contributed by atoms with E-state index in [1.165, 1.54) is 25.8 Å². The Balaban J connectivity index is 1.49. The molecule has 2 heterocycles. The summed E-state index contributed by atoms with van der Waals surface area (Å²) in [5, 5.41) is 10.5. The van der Waals surface area contributed by atoms with E-state index in [1.54, 1.807) is 7.11 Å². The van der Waals surface area contributed by atoms with Crippen LogP contribution in [0.5, 0.6) is 0 Å². The molecule has 4 rings (SSSR count). The normalized spacial score (nSPS) is 50.6. The van der Waals surface area contributed by atoms with E-state index < -0.39 is 0 Å². The molecule has 2 saturated heterocycles. The Morgan fingerprint density at radius 2 is 1.56 bits per heavy atom. The zero-order valence-electron chi connectivity index (χ0n) is 16.0. The van der Waals surface area contributed by atoms with Gasteiger partial charge in [-0.1, -0.05) is 0 Å². The monoisotopic (exact) mass is 353 g/mol. The molecule has 9 atom stereocenters. The van der Waals surface area contributed by atoms with Crippen molar-refractivity contribution >= 4 is 0 Å². The summed E-state index contributed by atoms with van der Waals surface area (Å²) in [5.74, 6) is 2.70. The second-order valence-corrected chi connectivity index (χ2v) is 8.80. The van der Waals surface area contributed by atoms with Gasteiger partial charge in [0.2, 0.25) is 0 Å². The third kappa shape index (κ3) is 3.16. The van der Waals surface area contributed by atoms with E-state index in [2.05, 4.69) is 4.90 Å². The fraction of sp³-hybridized carbons (Fsp3) is 1.00. The third-order valence-corrected chi connectivity index (χ3v) is 7.92. The van der Waals surface area contributed by atoms with Gasteiger partial charge in [0, 0.05) is 39.8 Å². The Kier molecular flexibility index (Phi) is 5.40. The van der Waals surface area contributed by atoms with E-state index in [0.29, 0.717) is 17.9 Å². The van der Waals surface area contributed by atoms with Crippen LogP contribution in [0.3, 0.4) is 0 Å². The first kappa shape index (κ1) is 18.2. The first-order valence-electron chi connectivity index (χ1n) is 10.2. The fourth-order valence-electron chi connectivity index (χ4n) is 6.63. The lowest BCUT2D eigenvalue weighted by Crippen LogP contribution is -2.62. The topological polar surface area (TPSA) is 51.2 Å². The molecule has 9 unspecified atom stereocenters. The highest BCUT2D eigenvalue weighted by molar-refractivity contribution is 5.03. The van der Waals surface area contributed by atoms with E-state index in [-0.39, 0.29) is 24.4 Å². The number of piperidine rings is 2. The zero-order valence-corrected chi connectivity index (χ0v) is 16.0. The van der Waals surface area contributed by atoms with Crippen molar-refractivity contribution in [3.63, 3.8) is 0 Å². The lowest BCUT2D eigenvalue weighted by molar-refractivity contribution is -0.155. The standard InChI is InChI=1S/C20H35NO4/c1-23-18-5-4-12-8-16-14-10-17(22)19(24-2)9-13(14)6-7-21(16)11-15(12)20(18)25-3/h12-20,22H,4-11H2,1-3H3. The predicted octanol–water partition coefficient (Wildman–Crippen LogP) is 1.92. The van der Waals surface area contributed by atoms with E-state index in [1.807, 2.05) is 14.2 Å². The maximum Gasteiger partial charge on any atom is 0.0875 e. The molecule has 25 heavy (non-hydrogen) atoms. The Morgan fingerprint density at radius 1 is 0.800 bits per heavy atom. The van der Waals surface area contributed by atoms with Crippen LogP contribution in [0.1, 0.15) is 38.5 Å². The summed E-state index contributed by atoms with van der Waals surface area (Å²) in [6.45, 7) is 2.33. The van der Waals surface area contributed by atoms with Crippen molar-refractivity contribution in [2.24, 2.45) is 23.7 Å². The van der Waals surface area contributed by atoms with Crippen molar-refractivity contribution in [3.05, 3.63) is 0 Å². The van der Waals surface area contributed by atoms with Gasteiger partial charge >= 0.3 is 0 Å². The van der Waals surface area contributed by atoms with Gasteiger partial charge in [-0.2, -0.15) is 0 Å². The Labute approximate surface area is 152 Å². The Bertz CT molecular complexity index is 461. The molecule has 0 radical (unpaired) electrons. The Hall–Kier alpha value is -0.200. The fourth-order valence-corrected chi connectivity index (χ4v) is 6.63. The van der Waals surface area contributed by atoms with Gasteiger partial charge in [-0.15, -0.1) is 0 Å². The maximum atomic E-state index is 10.5. The largest absolute Gasteiger partial charge is 0.390 e. The number of fused-ring (bicyclic) bond motifs is 4. The van der Waals surface area contributed by atoms with E-state index in [0.717, 1.165) is 37.6 Å². The van der Waals surface area contributed by atoms with Crippen LogP contribution in [-0.4, -0.2) is 74.9 Å². The number of methoxy groups -OCH3 is 3. The first-order chi connectivity index (χ1) is 12.2. The van der Waals surface area contributed by atoms with Crippen molar-refractivity contribution in [2.45, 2.75) is 69.0 Å². The predicted molar refractivity (Wildman–Crippen MR) is 95.4 cm³/mol. The second kappa shape index (κ2) is 7.43. The van der Waals surface area contributed by atoms with Gasteiger partial charge in [0.05, 0.1) is 24.4 Å². The minimum Gasteiger partial charge on any atom is -0.390 e. The minimum absolute atomic E-state index is 0.0409. The number of aliphatic hydroxyl groups is 1. The molecular weight excluding hydrogens is 318 g/mol. The first-order valence-corrected chi connectivity index (χ1v) is 10.2. The van der Waals surface area contributed by atoms with Crippen LogP contribution in [-0.2, 0) is 14.2 Å². The van der Waals surface area contributed by atoms with Crippen LogP contribution in [0.2, 0.25) is 0 Å². The SMILES string of the molecule is COC1CC2CCN3CC4C(CCC(OC)C4OC)CC3C2CC1O. The highest BCUT2D eigenvalue weighted by atomic mass is 16.5. The number of ether oxygens (including phenoxy) is 3. The van der Waals surface area contributed by atoms with Gasteiger partial charge < -0.3 is 19.3 Å². The van der Waals surface area contributed by atoms with Crippen LogP contribution in [0.25, 0.3) is 0 Å². The molecule has 1 N–H and O–H groups in total. The van der Waals surface area contributed by atoms with E-state index in [9.17, 15) is 5.11 Å². The summed E-state index contributed by atoms with van der Waals surface area (Å²) in [7, 11) is 5.41. The number of aliphatic hydroxyl groups excluding tert-OH is 1. The van der Waals surface area contributed by atoms with E-state index >= 15 is 0 Å². The summed E-state index contributed by atoms with van der Waals surface area (Å²) in [6, 6.07) is 0.643. The van der Waals surface area contributed by atoms with Crippen LogP contribution in [0, 0.1) is 23.7 Å². The molecule has 4 fully saturated rings. The molecule has 5 heteroatoms. The summed E-state index contributed by atoms with van der Waals surface area (Å²) >= 11 is 0. The molecule has 0 spiro atoms. The van der Waals surface area contributed by atoms with Gasteiger partial charge in [-0.05, 0) is 62.8 Å². The molecule has 0 aromatic heterocycles. The summed E-state index contributed by atoms with van der Waals surface area (Å²) in [6.07, 6.45) is 7.07. The molecular formula is C20H35NO4. The zero-order chi connectivity index (χ0) is 17.6. The minimum atomic E-state index is -0.292. The molecule has 0 amide bonds. The lowest BCUT2D eigenvalue weighted by Gasteiger charge is -2.57. The van der Waals surface area contributed by atoms with Crippen LogP contribution >= 0.6 is 0 Å². The van der Waals surface area contributed by atoms with Crippen LogP contribution in [0.4, 0.5) is 0 Å². The number of hydrogen-bond acceptors (Lipinski definition) is 5. The van der Waals surface area contributed by atoms with Crippen molar-refractivity contribution in [2.75, 3.05) is 34.4 Å². The van der Waals surface area contributed by atoms with E-state index in [4.69, 9.17) is 14.2 Å². The average molecular weight is 354 g/mol. The molecule has 0 aromatic carbocycles. The lowest BCUT2D eigenvalue weighted by atomic mass is 9.62. The van der Waals surface area contributed by atoms with Gasteiger partial charge in [0.25, 0.3) is 0 Å². The average Bonchev–Trinajstić information content (AvgIpc) is 2.65. The summed E-state index contributed by atoms with van der Waals surface area (Å²) in [5.41, 5.74) is 0. The van der Waals surface area contributed by atoms with Crippen LogP contribution in [0.15, 0.2) is 0 Å². The van der Waals surface area contributed by atoms with Crippen molar-refractivity contribution in [1.29, 1.82) is 0 Å². The third-order valence-electron chi connectivity index (χ3n) is 7.92. The molecule has 0 aromatic rings. The number of rotatable bonds is 3. The molecule has 0 bridgehead atoms. The van der Waals surface area contributed by atoms with Gasteiger partial charge in [-0.3, -0.25) is 4.90 Å². The molecule has 4 aliphatic rings. The molecule has 144 valence electrons. The molecule has 2 aliphatic heterocycles. The van der Waals surface area contributed by atoms with Crippen molar-refractivity contribution in [1.82, 2.24) is 4.90 Å². The van der Waals surface area contributed by atoms with Gasteiger partial charge in [0.1, 0.15) is 0 Å². The molecule has 5 nitrogen and oxygen atoms in total. The van der Waals surface area contributed by atoms with Crippen molar-refractivity contribution < 1.29 is 19.3 Å². The number of nitrogens with zero attached hydrogens (tertiary/aromatic N) is 1. The van der Waals surface area contributed by atoms with Gasteiger partial charge in [-0.25, -0.2) is 0 Å². The highest BCUT2D eigenvalue weighted by Crippen LogP contribution is 2.48. The Morgan fingerprint density at radius 3 is 2.28 bits per heavy atom. The maximum absolute atomic E-state index is 10.5. The smallest absolute Gasteiger partial charge is 0.0875 e. The summed E-state index contributed by atoms with van der Waals surface area (Å²) in [4.78, 5) is 2.71. The quantitative estimate of drug-likeness (QED) is 0.840. The highest BCUT2D eigenvalue weighted by Gasteiger charge is 2.51. The van der Waals surface area contributed by atoms with Crippen LogP contribution < -0.4 is 0 Å². The molecule has 2 saturated carbocycles. The number of hydrogen-bond donors (Lipinski definition) is 1. The van der Waals surface area contributed by atoms with Gasteiger partial charge in [0.15, 0.2) is 0 Å². The summed E-state index contributed by atoms with van der Waals surface area (Å²) < 4.78 is 17.1. The second-order valence-electron chi connectivity index (χ2n) is 8.80. The molecule has 2 aliphatic carbocycles. The van der Waals surface area contributed by atoms with Crippen molar-refractivity contribution in [3.8, 4) is 0 Å².